The van der Waals surface area contributed by atoms with Gasteiger partial charge in [0.25, 0.3) is 0 Å². The Morgan fingerprint density at radius 3 is 2.26 bits per heavy atom. The summed E-state index contributed by atoms with van der Waals surface area (Å²) < 4.78 is 16.1. The van der Waals surface area contributed by atoms with Crippen molar-refractivity contribution in [1.82, 2.24) is 10.2 Å². The Hall–Kier alpha value is -1.95. The van der Waals surface area contributed by atoms with Gasteiger partial charge in [-0.3, -0.25) is 4.79 Å². The maximum absolute atomic E-state index is 12.1. The highest BCUT2D eigenvalue weighted by Gasteiger charge is 2.16. The average molecular weight is 324 g/mol. The van der Waals surface area contributed by atoms with Gasteiger partial charge in [-0.2, -0.15) is 0 Å². The van der Waals surface area contributed by atoms with Gasteiger partial charge in [-0.25, -0.2) is 0 Å². The van der Waals surface area contributed by atoms with Crippen LogP contribution in [0.1, 0.15) is 13.3 Å². The van der Waals surface area contributed by atoms with Gasteiger partial charge in [-0.15, -0.1) is 0 Å². The Labute approximate surface area is 138 Å². The van der Waals surface area contributed by atoms with E-state index in [9.17, 15) is 4.79 Å². The monoisotopic (exact) mass is 324 g/mol. The van der Waals surface area contributed by atoms with E-state index in [1.807, 2.05) is 33.2 Å². The molecule has 6 heteroatoms. The molecule has 1 N–H and O–H groups in total. The van der Waals surface area contributed by atoms with Gasteiger partial charge in [0.2, 0.25) is 5.91 Å². The van der Waals surface area contributed by atoms with Crippen LogP contribution in [0.2, 0.25) is 0 Å². The molecule has 0 bridgehead atoms. The molecule has 23 heavy (non-hydrogen) atoms. The first-order valence-electron chi connectivity index (χ1n) is 7.77. The maximum atomic E-state index is 12.1. The summed E-state index contributed by atoms with van der Waals surface area (Å²) in [5.41, 5.74) is 0. The first kappa shape index (κ1) is 19.1. The maximum Gasteiger partial charge on any atom is 0.226 e. The number of amides is 1. The topological polar surface area (TPSA) is 60.0 Å². The molecule has 130 valence electrons. The fourth-order valence-electron chi connectivity index (χ4n) is 2.24. The molecule has 1 aromatic carbocycles. The van der Waals surface area contributed by atoms with Crippen molar-refractivity contribution in [3.05, 3.63) is 18.2 Å². The van der Waals surface area contributed by atoms with Crippen molar-refractivity contribution < 1.29 is 19.0 Å². The third-order valence-corrected chi connectivity index (χ3v) is 3.54. The Morgan fingerprint density at radius 1 is 1.17 bits per heavy atom. The zero-order valence-corrected chi connectivity index (χ0v) is 14.7. The van der Waals surface area contributed by atoms with E-state index in [2.05, 4.69) is 5.32 Å². The normalized spacial score (nSPS) is 11.7. The summed E-state index contributed by atoms with van der Waals surface area (Å²) in [4.78, 5) is 13.8. The third kappa shape index (κ3) is 6.36. The number of nitrogens with zero attached hydrogens (tertiary/aromatic N) is 1. The van der Waals surface area contributed by atoms with Crippen molar-refractivity contribution in [1.29, 1.82) is 0 Å². The molecular weight excluding hydrogens is 296 g/mol. The standard InChI is InChI=1S/C17H28N2O4/c1-13(12-18-2)17(20)19(3)7-6-8-23-16-10-14(21-4)9-15(11-16)22-5/h9-11,13,18H,6-8,12H2,1-5H3. The molecule has 0 heterocycles. The number of hydrogen-bond donors (Lipinski definition) is 1. The van der Waals surface area contributed by atoms with Gasteiger partial charge in [-0.05, 0) is 13.5 Å². The fraction of sp³-hybridized carbons (Fsp3) is 0.588. The molecular formula is C17H28N2O4. The van der Waals surface area contributed by atoms with Gasteiger partial charge in [0.05, 0.1) is 20.8 Å². The van der Waals surface area contributed by atoms with Crippen molar-refractivity contribution in [2.75, 3.05) is 48.0 Å². The number of rotatable bonds is 10. The molecule has 0 aliphatic rings. The first-order valence-corrected chi connectivity index (χ1v) is 7.77. The van der Waals surface area contributed by atoms with Crippen LogP contribution in [0.25, 0.3) is 0 Å². The molecule has 0 saturated heterocycles. The minimum absolute atomic E-state index is 0.0198. The van der Waals surface area contributed by atoms with E-state index in [1.165, 1.54) is 0 Å². The van der Waals surface area contributed by atoms with Gasteiger partial charge in [0.15, 0.2) is 0 Å². The zero-order chi connectivity index (χ0) is 17.2. The van der Waals surface area contributed by atoms with Crippen LogP contribution in [0.15, 0.2) is 18.2 Å². The predicted molar refractivity (Wildman–Crippen MR) is 90.4 cm³/mol. The van der Waals surface area contributed by atoms with Gasteiger partial charge >= 0.3 is 0 Å². The highest BCUT2D eigenvalue weighted by molar-refractivity contribution is 5.78. The lowest BCUT2D eigenvalue weighted by atomic mass is 10.1. The predicted octanol–water partition coefficient (Wildman–Crippen LogP) is 1.79. The second-order valence-electron chi connectivity index (χ2n) is 5.47. The van der Waals surface area contributed by atoms with Crippen molar-refractivity contribution in [2.45, 2.75) is 13.3 Å². The number of nitrogens with one attached hydrogen (secondary N) is 1. The molecule has 0 aliphatic heterocycles. The summed E-state index contributed by atoms with van der Waals surface area (Å²) in [6, 6.07) is 5.42. The first-order chi connectivity index (χ1) is 11.0. The highest BCUT2D eigenvalue weighted by Crippen LogP contribution is 2.27. The largest absolute Gasteiger partial charge is 0.496 e. The van der Waals surface area contributed by atoms with Crippen LogP contribution in [-0.4, -0.2) is 58.8 Å². The van der Waals surface area contributed by atoms with Crippen molar-refractivity contribution in [3.8, 4) is 17.2 Å². The smallest absolute Gasteiger partial charge is 0.226 e. The van der Waals surface area contributed by atoms with Crippen molar-refractivity contribution in [2.24, 2.45) is 5.92 Å². The number of benzene rings is 1. The van der Waals surface area contributed by atoms with Crippen LogP contribution in [0.4, 0.5) is 0 Å². The SMILES string of the molecule is CNCC(C)C(=O)N(C)CCCOc1cc(OC)cc(OC)c1. The molecule has 0 spiro atoms. The van der Waals surface area contributed by atoms with Crippen LogP contribution < -0.4 is 19.5 Å². The van der Waals surface area contributed by atoms with Gasteiger partial charge in [-0.1, -0.05) is 6.92 Å². The molecule has 1 unspecified atom stereocenters. The number of hydrogen-bond acceptors (Lipinski definition) is 5. The van der Waals surface area contributed by atoms with E-state index in [0.29, 0.717) is 36.9 Å². The fourth-order valence-corrected chi connectivity index (χ4v) is 2.24. The number of ether oxygens (including phenoxy) is 3. The molecule has 1 atom stereocenters. The summed E-state index contributed by atoms with van der Waals surface area (Å²) in [7, 11) is 6.87. The second-order valence-corrected chi connectivity index (χ2v) is 5.47. The lowest BCUT2D eigenvalue weighted by molar-refractivity contribution is -0.133. The quantitative estimate of drug-likeness (QED) is 0.665. The van der Waals surface area contributed by atoms with E-state index in [4.69, 9.17) is 14.2 Å². The summed E-state index contributed by atoms with van der Waals surface area (Å²) >= 11 is 0. The van der Waals surface area contributed by atoms with Gasteiger partial charge in [0.1, 0.15) is 17.2 Å². The van der Waals surface area contributed by atoms with E-state index >= 15 is 0 Å². The van der Waals surface area contributed by atoms with Gasteiger partial charge in [0, 0.05) is 44.3 Å². The van der Waals surface area contributed by atoms with E-state index in [1.54, 1.807) is 25.2 Å². The summed E-state index contributed by atoms with van der Waals surface area (Å²) in [5, 5.41) is 3.02. The molecule has 0 fully saturated rings. The van der Waals surface area contributed by atoms with Crippen molar-refractivity contribution >= 4 is 5.91 Å². The average Bonchev–Trinajstić information content (AvgIpc) is 2.57. The number of methoxy groups -OCH3 is 2. The Kier molecular flexibility index (Phi) is 8.26. The number of carbonyl (C=O) groups excluding carboxylic acids is 1. The molecule has 6 nitrogen and oxygen atoms in total. The Balaban J connectivity index is 2.41. The Morgan fingerprint density at radius 2 is 1.74 bits per heavy atom. The molecule has 1 aromatic rings. The number of carbonyl (C=O) groups is 1. The van der Waals surface area contributed by atoms with Crippen molar-refractivity contribution in [3.63, 3.8) is 0 Å². The molecule has 0 saturated carbocycles. The second kappa shape index (κ2) is 9.94. The molecule has 0 aliphatic carbocycles. The van der Waals surface area contributed by atoms with E-state index in [-0.39, 0.29) is 11.8 Å². The van der Waals surface area contributed by atoms with E-state index < -0.39 is 0 Å². The summed E-state index contributed by atoms with van der Waals surface area (Å²) in [6.45, 7) is 3.79. The van der Waals surface area contributed by atoms with Gasteiger partial charge < -0.3 is 24.4 Å². The zero-order valence-electron chi connectivity index (χ0n) is 14.7. The molecule has 1 amide bonds. The Bertz CT molecular complexity index is 471. The van der Waals surface area contributed by atoms with E-state index in [0.717, 1.165) is 6.42 Å². The van der Waals surface area contributed by atoms with Crippen LogP contribution in [0.5, 0.6) is 17.2 Å². The molecule has 0 aromatic heterocycles. The molecule has 0 radical (unpaired) electrons. The minimum Gasteiger partial charge on any atom is -0.496 e. The van der Waals surface area contributed by atoms with Crippen LogP contribution in [0, 0.1) is 5.92 Å². The minimum atomic E-state index is -0.0198. The summed E-state index contributed by atoms with van der Waals surface area (Å²) in [6.07, 6.45) is 0.758. The van der Waals surface area contributed by atoms with Crippen LogP contribution in [0.3, 0.4) is 0 Å². The summed E-state index contributed by atoms with van der Waals surface area (Å²) in [5.74, 6) is 2.19. The lowest BCUT2D eigenvalue weighted by Gasteiger charge is -2.21. The van der Waals surface area contributed by atoms with Crippen LogP contribution >= 0.6 is 0 Å². The van der Waals surface area contributed by atoms with Crippen LogP contribution in [-0.2, 0) is 4.79 Å². The third-order valence-electron chi connectivity index (χ3n) is 3.54. The molecule has 1 rings (SSSR count). The highest BCUT2D eigenvalue weighted by atomic mass is 16.5. The lowest BCUT2D eigenvalue weighted by Crippen LogP contribution is -2.36.